The van der Waals surface area contributed by atoms with E-state index in [0.29, 0.717) is 0 Å². The third-order valence-corrected chi connectivity index (χ3v) is 4.47. The number of aryl methyl sites for hydroxylation is 1. The number of benzene rings is 1. The summed E-state index contributed by atoms with van der Waals surface area (Å²) in [4.78, 5) is 5.66. The van der Waals surface area contributed by atoms with E-state index in [2.05, 4.69) is 24.9 Å². The zero-order chi connectivity index (χ0) is 14.5. The van der Waals surface area contributed by atoms with E-state index in [4.69, 9.17) is 17.3 Å². The van der Waals surface area contributed by atoms with E-state index < -0.39 is 0 Å². The number of nitrogens with zero attached hydrogens (tertiary/aromatic N) is 1. The van der Waals surface area contributed by atoms with Crippen LogP contribution < -0.4 is 5.73 Å². The third-order valence-electron chi connectivity index (χ3n) is 3.12. The highest BCUT2D eigenvalue weighted by Crippen LogP contribution is 2.30. The molecule has 0 saturated heterocycles. The molecule has 0 aliphatic rings. The largest absolute Gasteiger partial charge is 0.327 e. The lowest BCUT2D eigenvalue weighted by molar-refractivity contribution is 0.644. The number of nitrogens with two attached hydrogens (primary N) is 1. The Kier molecular flexibility index (Phi) is 5.46. The molecule has 1 heterocycles. The standard InChI is InChI=1S/C16H19ClN2S/c1-3-14(18)8-12-7-11(2)16(19-10-12)20-15-6-4-5-13(17)9-15/h4-7,9-10,14H,3,8,18H2,1-2H3. The predicted octanol–water partition coefficient (Wildman–Crippen LogP) is 4.47. The quantitative estimate of drug-likeness (QED) is 0.885. The van der Waals surface area contributed by atoms with Crippen molar-refractivity contribution in [2.24, 2.45) is 5.73 Å². The minimum atomic E-state index is 0.211. The molecule has 4 heteroatoms. The van der Waals surface area contributed by atoms with Crippen LogP contribution in [0.3, 0.4) is 0 Å². The molecular weight excluding hydrogens is 288 g/mol. The van der Waals surface area contributed by atoms with Crippen LogP contribution in [0, 0.1) is 6.92 Å². The molecular formula is C16H19ClN2S. The second-order valence-electron chi connectivity index (χ2n) is 4.90. The van der Waals surface area contributed by atoms with Gasteiger partial charge in [-0.1, -0.05) is 42.4 Å². The van der Waals surface area contributed by atoms with Crippen LogP contribution >= 0.6 is 23.4 Å². The predicted molar refractivity (Wildman–Crippen MR) is 86.5 cm³/mol. The van der Waals surface area contributed by atoms with Gasteiger partial charge >= 0.3 is 0 Å². The average Bonchev–Trinajstić information content (AvgIpc) is 2.42. The molecule has 106 valence electrons. The van der Waals surface area contributed by atoms with Gasteiger partial charge in [-0.2, -0.15) is 0 Å². The van der Waals surface area contributed by atoms with Gasteiger partial charge in [0.05, 0.1) is 0 Å². The van der Waals surface area contributed by atoms with E-state index in [1.807, 2.05) is 30.5 Å². The first-order valence-electron chi connectivity index (χ1n) is 6.73. The summed E-state index contributed by atoms with van der Waals surface area (Å²) < 4.78 is 0. The summed E-state index contributed by atoms with van der Waals surface area (Å²) in [5, 5.41) is 1.76. The molecule has 20 heavy (non-hydrogen) atoms. The van der Waals surface area contributed by atoms with Crippen molar-refractivity contribution in [2.75, 3.05) is 0 Å². The van der Waals surface area contributed by atoms with Crippen molar-refractivity contribution in [1.29, 1.82) is 0 Å². The summed E-state index contributed by atoms with van der Waals surface area (Å²) in [6, 6.07) is 10.2. The molecule has 0 aliphatic heterocycles. The van der Waals surface area contributed by atoms with Gasteiger partial charge in [-0.15, -0.1) is 0 Å². The van der Waals surface area contributed by atoms with Crippen LogP contribution in [-0.2, 0) is 6.42 Å². The van der Waals surface area contributed by atoms with Crippen LogP contribution in [0.4, 0.5) is 0 Å². The number of hydrogen-bond acceptors (Lipinski definition) is 3. The van der Waals surface area contributed by atoms with E-state index in [1.54, 1.807) is 11.8 Å². The molecule has 1 atom stereocenters. The van der Waals surface area contributed by atoms with Crippen molar-refractivity contribution in [3.63, 3.8) is 0 Å². The number of hydrogen-bond donors (Lipinski definition) is 1. The maximum absolute atomic E-state index is 6.00. The fourth-order valence-corrected chi connectivity index (χ4v) is 3.06. The van der Waals surface area contributed by atoms with Gasteiger partial charge in [0.2, 0.25) is 0 Å². The van der Waals surface area contributed by atoms with Crippen molar-refractivity contribution in [1.82, 2.24) is 4.98 Å². The Morgan fingerprint density at radius 2 is 2.15 bits per heavy atom. The molecule has 1 unspecified atom stereocenters. The van der Waals surface area contributed by atoms with Gasteiger partial charge in [-0.25, -0.2) is 4.98 Å². The summed E-state index contributed by atoms with van der Waals surface area (Å²) in [5.74, 6) is 0. The first-order valence-corrected chi connectivity index (χ1v) is 7.92. The van der Waals surface area contributed by atoms with Gasteiger partial charge in [-0.05, 0) is 49.1 Å². The lowest BCUT2D eigenvalue weighted by atomic mass is 10.1. The molecule has 0 amide bonds. The molecule has 2 rings (SSSR count). The van der Waals surface area contributed by atoms with Gasteiger partial charge in [0.25, 0.3) is 0 Å². The SMILES string of the molecule is CCC(N)Cc1cnc(Sc2cccc(Cl)c2)c(C)c1. The maximum atomic E-state index is 6.00. The number of rotatable bonds is 5. The second kappa shape index (κ2) is 7.11. The number of aromatic nitrogens is 1. The van der Waals surface area contributed by atoms with Crippen molar-refractivity contribution in [3.8, 4) is 0 Å². The molecule has 2 aromatic rings. The van der Waals surface area contributed by atoms with Gasteiger partial charge in [0, 0.05) is 22.2 Å². The molecule has 1 aromatic heterocycles. The molecule has 2 nitrogen and oxygen atoms in total. The summed E-state index contributed by atoms with van der Waals surface area (Å²) in [6.07, 6.45) is 3.79. The van der Waals surface area contributed by atoms with Crippen LogP contribution in [0.2, 0.25) is 5.02 Å². The molecule has 0 saturated carbocycles. The topological polar surface area (TPSA) is 38.9 Å². The third kappa shape index (κ3) is 4.23. The fourth-order valence-electron chi connectivity index (χ4n) is 1.93. The van der Waals surface area contributed by atoms with E-state index in [1.165, 1.54) is 11.1 Å². The van der Waals surface area contributed by atoms with Crippen LogP contribution in [-0.4, -0.2) is 11.0 Å². The summed E-state index contributed by atoms with van der Waals surface area (Å²) in [7, 11) is 0. The van der Waals surface area contributed by atoms with Crippen LogP contribution in [0.15, 0.2) is 46.5 Å². The Balaban J connectivity index is 2.13. The fraction of sp³-hybridized carbons (Fsp3) is 0.312. The Hall–Kier alpha value is -1.03. The first-order chi connectivity index (χ1) is 9.58. The molecule has 0 fully saturated rings. The molecule has 0 aliphatic carbocycles. The van der Waals surface area contributed by atoms with Crippen molar-refractivity contribution in [2.45, 2.75) is 42.7 Å². The van der Waals surface area contributed by atoms with Crippen LogP contribution in [0.5, 0.6) is 0 Å². The Labute approximate surface area is 129 Å². The van der Waals surface area contributed by atoms with E-state index in [-0.39, 0.29) is 6.04 Å². The summed E-state index contributed by atoms with van der Waals surface area (Å²) in [5.41, 5.74) is 8.36. The van der Waals surface area contributed by atoms with Gasteiger partial charge < -0.3 is 5.73 Å². The molecule has 0 spiro atoms. The van der Waals surface area contributed by atoms with Gasteiger partial charge in [-0.3, -0.25) is 0 Å². The van der Waals surface area contributed by atoms with E-state index in [0.717, 1.165) is 27.8 Å². The lowest BCUT2D eigenvalue weighted by Gasteiger charge is -2.11. The molecule has 1 aromatic carbocycles. The van der Waals surface area contributed by atoms with Gasteiger partial charge in [0.15, 0.2) is 0 Å². The Bertz CT molecular complexity index is 586. The van der Waals surface area contributed by atoms with Crippen LogP contribution in [0.25, 0.3) is 0 Å². The second-order valence-corrected chi connectivity index (χ2v) is 6.40. The Morgan fingerprint density at radius 3 is 2.80 bits per heavy atom. The summed E-state index contributed by atoms with van der Waals surface area (Å²) >= 11 is 7.64. The van der Waals surface area contributed by atoms with Crippen LogP contribution in [0.1, 0.15) is 24.5 Å². The molecule has 0 bridgehead atoms. The number of pyridine rings is 1. The van der Waals surface area contributed by atoms with Crippen molar-refractivity contribution < 1.29 is 0 Å². The monoisotopic (exact) mass is 306 g/mol. The Morgan fingerprint density at radius 1 is 1.35 bits per heavy atom. The average molecular weight is 307 g/mol. The highest BCUT2D eigenvalue weighted by molar-refractivity contribution is 7.99. The summed E-state index contributed by atoms with van der Waals surface area (Å²) in [6.45, 7) is 4.19. The normalized spacial score (nSPS) is 12.4. The molecule has 2 N–H and O–H groups in total. The smallest absolute Gasteiger partial charge is 0.104 e. The zero-order valence-electron chi connectivity index (χ0n) is 11.8. The maximum Gasteiger partial charge on any atom is 0.104 e. The first kappa shape index (κ1) is 15.4. The van der Waals surface area contributed by atoms with Crippen molar-refractivity contribution >= 4 is 23.4 Å². The molecule has 0 radical (unpaired) electrons. The van der Waals surface area contributed by atoms with E-state index in [9.17, 15) is 0 Å². The zero-order valence-corrected chi connectivity index (χ0v) is 13.3. The lowest BCUT2D eigenvalue weighted by Crippen LogP contribution is -2.21. The number of halogens is 1. The van der Waals surface area contributed by atoms with E-state index >= 15 is 0 Å². The highest BCUT2D eigenvalue weighted by Gasteiger charge is 2.07. The highest BCUT2D eigenvalue weighted by atomic mass is 35.5. The van der Waals surface area contributed by atoms with Crippen molar-refractivity contribution in [3.05, 3.63) is 52.7 Å². The minimum Gasteiger partial charge on any atom is -0.327 e. The van der Waals surface area contributed by atoms with Gasteiger partial charge in [0.1, 0.15) is 5.03 Å². The minimum absolute atomic E-state index is 0.211.